The van der Waals surface area contributed by atoms with Gasteiger partial charge in [0.25, 0.3) is 7.82 Å². The van der Waals surface area contributed by atoms with E-state index in [4.69, 9.17) is 0 Å². The molecule has 0 fully saturated rings. The van der Waals surface area contributed by atoms with Gasteiger partial charge in [-0.1, -0.05) is 40.0 Å². The van der Waals surface area contributed by atoms with Crippen molar-refractivity contribution in [3.05, 3.63) is 12.4 Å². The Balaban J connectivity index is 0.000000433. The molecule has 0 aromatic rings. The van der Waals surface area contributed by atoms with Crippen molar-refractivity contribution < 1.29 is 23.0 Å². The number of unbranched alkanes of at least 4 members (excludes halogenated alkanes) is 3. The Bertz CT molecular complexity index is 374. The standard InChI is InChI=1S/C8H15N2.C8H19O4P/c1-3-4-6-10(2)7-5-9-8-10;1-3-5-7-11-13(9,10)12-8-6-4-2/h5,7-8H,3-4,6H2,1-2H3;3-8H2,1-2H3,(H,9,10)/q+1;/p-1. The normalized spacial score (nSPS) is 19.7. The lowest BCUT2D eigenvalue weighted by Crippen LogP contribution is -2.35. The van der Waals surface area contributed by atoms with E-state index in [9.17, 15) is 9.46 Å². The molecule has 1 rings (SSSR count). The number of phosphoric acid groups is 1. The molecule has 0 N–H and O–H groups in total. The average Bonchev–Trinajstić information content (AvgIpc) is 2.93. The van der Waals surface area contributed by atoms with Gasteiger partial charge in [0.05, 0.1) is 33.0 Å². The SMILES string of the molecule is CCCCOP(=O)([O-])OCCCC.CCCC[N+]1(C)C=CN=C1. The van der Waals surface area contributed by atoms with Gasteiger partial charge in [-0.15, -0.1) is 0 Å². The molecule has 0 aliphatic carbocycles. The zero-order valence-corrected chi connectivity index (χ0v) is 16.0. The Labute approximate surface area is 141 Å². The van der Waals surface area contributed by atoms with Gasteiger partial charge in [0.15, 0.2) is 6.34 Å². The molecule has 1 heterocycles. The second-order valence-electron chi connectivity index (χ2n) is 5.81. The minimum Gasteiger partial charge on any atom is -0.756 e. The maximum absolute atomic E-state index is 11.0. The van der Waals surface area contributed by atoms with Crippen molar-refractivity contribution in [3.8, 4) is 0 Å². The number of phosphoric ester groups is 1. The van der Waals surface area contributed by atoms with Crippen LogP contribution < -0.4 is 4.89 Å². The molecule has 1 aliphatic heterocycles. The maximum atomic E-state index is 11.0. The fourth-order valence-electron chi connectivity index (χ4n) is 1.73. The minimum absolute atomic E-state index is 0.226. The maximum Gasteiger partial charge on any atom is 0.267 e. The van der Waals surface area contributed by atoms with Crippen LogP contribution in [0.3, 0.4) is 0 Å². The molecule has 0 aromatic carbocycles. The van der Waals surface area contributed by atoms with E-state index in [1.807, 2.05) is 26.4 Å². The first-order valence-electron chi connectivity index (χ1n) is 8.56. The van der Waals surface area contributed by atoms with E-state index in [2.05, 4.69) is 34.2 Å². The van der Waals surface area contributed by atoms with Gasteiger partial charge in [0, 0.05) is 0 Å². The van der Waals surface area contributed by atoms with Crippen LogP contribution >= 0.6 is 7.82 Å². The van der Waals surface area contributed by atoms with Crippen LogP contribution in [0.25, 0.3) is 0 Å². The Kier molecular flexibility index (Phi) is 12.6. The van der Waals surface area contributed by atoms with Crippen LogP contribution in [0, 0.1) is 0 Å². The molecular formula is C16H33N2O4P. The summed E-state index contributed by atoms with van der Waals surface area (Å²) in [4.78, 5) is 15.0. The number of rotatable bonds is 11. The number of aliphatic imine (C=N–C) groups is 1. The predicted molar refractivity (Wildman–Crippen MR) is 92.9 cm³/mol. The molecular weight excluding hydrogens is 315 g/mol. The molecule has 6 nitrogen and oxygen atoms in total. The molecule has 136 valence electrons. The van der Waals surface area contributed by atoms with Gasteiger partial charge < -0.3 is 13.9 Å². The van der Waals surface area contributed by atoms with Gasteiger partial charge in [-0.2, -0.15) is 0 Å². The Morgan fingerprint density at radius 3 is 1.96 bits per heavy atom. The number of hydrogen-bond acceptors (Lipinski definition) is 5. The molecule has 23 heavy (non-hydrogen) atoms. The summed E-state index contributed by atoms with van der Waals surface area (Å²) in [5.74, 6) is 0. The van der Waals surface area contributed by atoms with Gasteiger partial charge in [-0.25, -0.2) is 4.99 Å². The minimum atomic E-state index is -4.00. The van der Waals surface area contributed by atoms with Crippen LogP contribution in [0.15, 0.2) is 17.4 Å². The quantitative estimate of drug-likeness (QED) is 0.323. The Morgan fingerprint density at radius 1 is 1.04 bits per heavy atom. The Hall–Kier alpha value is -0.520. The molecule has 0 spiro atoms. The molecule has 1 atom stereocenters. The van der Waals surface area contributed by atoms with Crippen LogP contribution in [0.1, 0.15) is 59.3 Å². The highest BCUT2D eigenvalue weighted by atomic mass is 31.2. The summed E-state index contributed by atoms with van der Waals surface area (Å²) in [5.41, 5.74) is 0. The van der Waals surface area contributed by atoms with Crippen molar-refractivity contribution in [1.29, 1.82) is 0 Å². The van der Waals surface area contributed by atoms with Gasteiger partial charge >= 0.3 is 0 Å². The van der Waals surface area contributed by atoms with E-state index in [1.54, 1.807) is 0 Å². The van der Waals surface area contributed by atoms with Crippen molar-refractivity contribution >= 4 is 14.2 Å². The predicted octanol–water partition coefficient (Wildman–Crippen LogP) is 3.83. The van der Waals surface area contributed by atoms with Gasteiger partial charge in [-0.05, 0) is 19.3 Å². The second-order valence-corrected chi connectivity index (χ2v) is 7.22. The zero-order valence-electron chi connectivity index (χ0n) is 15.1. The Morgan fingerprint density at radius 2 is 1.57 bits per heavy atom. The molecule has 0 amide bonds. The first-order valence-corrected chi connectivity index (χ1v) is 10.0. The smallest absolute Gasteiger partial charge is 0.267 e. The first-order chi connectivity index (χ1) is 10.9. The topological polar surface area (TPSA) is 71.0 Å². The van der Waals surface area contributed by atoms with E-state index in [-0.39, 0.29) is 13.2 Å². The highest BCUT2D eigenvalue weighted by molar-refractivity contribution is 7.45. The lowest BCUT2D eigenvalue weighted by Gasteiger charge is -2.22. The fraction of sp³-hybridized carbons (Fsp3) is 0.812. The van der Waals surface area contributed by atoms with Crippen LogP contribution in [-0.2, 0) is 13.6 Å². The van der Waals surface area contributed by atoms with Crippen molar-refractivity contribution in [1.82, 2.24) is 0 Å². The molecule has 0 radical (unpaired) electrons. The van der Waals surface area contributed by atoms with Crippen LogP contribution in [0.4, 0.5) is 0 Å². The molecule has 0 aromatic heterocycles. The number of quaternary nitrogens is 1. The van der Waals surface area contributed by atoms with E-state index in [0.29, 0.717) is 0 Å². The molecule has 0 saturated carbocycles. The zero-order chi connectivity index (χ0) is 17.6. The third kappa shape index (κ3) is 12.6. The van der Waals surface area contributed by atoms with Crippen LogP contribution in [-0.4, -0.2) is 37.6 Å². The van der Waals surface area contributed by atoms with E-state index < -0.39 is 7.82 Å². The summed E-state index contributed by atoms with van der Waals surface area (Å²) in [6.07, 6.45) is 11.8. The summed E-state index contributed by atoms with van der Waals surface area (Å²) in [6, 6.07) is 0. The van der Waals surface area contributed by atoms with E-state index in [1.165, 1.54) is 19.4 Å². The van der Waals surface area contributed by atoms with Crippen molar-refractivity contribution in [2.75, 3.05) is 26.8 Å². The molecule has 1 unspecified atom stereocenters. The highest BCUT2D eigenvalue weighted by Gasteiger charge is 2.17. The van der Waals surface area contributed by atoms with Crippen LogP contribution in [0.2, 0.25) is 0 Å². The third-order valence-corrected chi connectivity index (χ3v) is 4.31. The average molecular weight is 348 g/mol. The molecule has 7 heteroatoms. The van der Waals surface area contributed by atoms with Gasteiger partial charge in [-0.3, -0.25) is 9.05 Å². The van der Waals surface area contributed by atoms with Crippen LogP contribution in [0.5, 0.6) is 0 Å². The van der Waals surface area contributed by atoms with Crippen molar-refractivity contribution in [2.24, 2.45) is 4.99 Å². The number of nitrogens with zero attached hydrogens (tertiary/aromatic N) is 2. The largest absolute Gasteiger partial charge is 0.756 e. The first kappa shape index (κ1) is 22.5. The van der Waals surface area contributed by atoms with Crippen molar-refractivity contribution in [3.63, 3.8) is 0 Å². The van der Waals surface area contributed by atoms with E-state index in [0.717, 1.165) is 30.2 Å². The van der Waals surface area contributed by atoms with Crippen molar-refractivity contribution in [2.45, 2.75) is 59.3 Å². The summed E-state index contributed by atoms with van der Waals surface area (Å²) in [6.45, 7) is 7.78. The third-order valence-electron chi connectivity index (χ3n) is 3.31. The summed E-state index contributed by atoms with van der Waals surface area (Å²) >= 11 is 0. The van der Waals surface area contributed by atoms with Gasteiger partial charge in [0.1, 0.15) is 6.20 Å². The monoisotopic (exact) mass is 348 g/mol. The summed E-state index contributed by atoms with van der Waals surface area (Å²) < 4.78 is 21.0. The second kappa shape index (κ2) is 12.8. The summed E-state index contributed by atoms with van der Waals surface area (Å²) in [5, 5.41) is 0. The molecule has 0 saturated heterocycles. The number of hydrogen-bond donors (Lipinski definition) is 0. The lowest BCUT2D eigenvalue weighted by molar-refractivity contribution is -0.756. The highest BCUT2D eigenvalue weighted by Crippen LogP contribution is 2.38. The summed E-state index contributed by atoms with van der Waals surface area (Å²) in [7, 11) is -1.83. The fourth-order valence-corrected chi connectivity index (χ4v) is 2.51. The molecule has 0 bridgehead atoms. The lowest BCUT2D eigenvalue weighted by atomic mass is 10.3. The van der Waals surface area contributed by atoms with Gasteiger partial charge in [0.2, 0.25) is 0 Å². The van der Waals surface area contributed by atoms with E-state index >= 15 is 0 Å². The molecule has 1 aliphatic rings.